The molecule has 4 rings (SSSR count). The number of rotatable bonds is 2. The fourth-order valence-corrected chi connectivity index (χ4v) is 2.60. The minimum Gasteiger partial charge on any atom is -0.493 e. The third kappa shape index (κ3) is 2.03. The van der Waals surface area contributed by atoms with Crippen molar-refractivity contribution in [3.63, 3.8) is 0 Å². The largest absolute Gasteiger partial charge is 0.493 e. The van der Waals surface area contributed by atoms with Gasteiger partial charge in [-0.05, 0) is 29.8 Å². The molecule has 104 valence electrons. The zero-order valence-corrected chi connectivity index (χ0v) is 11.2. The number of carbonyl (C=O) groups excluding carboxylic acids is 1. The second-order valence-corrected chi connectivity index (χ2v) is 5.01. The van der Waals surface area contributed by atoms with E-state index in [1.807, 2.05) is 30.3 Å². The molecule has 0 bridgehead atoms. The van der Waals surface area contributed by atoms with E-state index < -0.39 is 0 Å². The van der Waals surface area contributed by atoms with E-state index in [0.29, 0.717) is 12.2 Å². The van der Waals surface area contributed by atoms with Crippen molar-refractivity contribution in [2.24, 2.45) is 0 Å². The molecule has 2 aromatic carbocycles. The number of hydrogen-bond donors (Lipinski definition) is 2. The van der Waals surface area contributed by atoms with Crippen LogP contribution in [0.5, 0.6) is 5.75 Å². The number of aromatic amines is 1. The van der Waals surface area contributed by atoms with Crippen molar-refractivity contribution in [2.75, 3.05) is 11.9 Å². The molecular weight excluding hydrogens is 266 g/mol. The Morgan fingerprint density at radius 1 is 1.29 bits per heavy atom. The highest BCUT2D eigenvalue weighted by Crippen LogP contribution is 2.27. The fourth-order valence-electron chi connectivity index (χ4n) is 2.60. The molecule has 2 heterocycles. The summed E-state index contributed by atoms with van der Waals surface area (Å²) >= 11 is 0. The van der Waals surface area contributed by atoms with Gasteiger partial charge in [-0.3, -0.25) is 9.89 Å². The van der Waals surface area contributed by atoms with Gasteiger partial charge in [-0.2, -0.15) is 5.10 Å². The number of aromatic nitrogens is 2. The molecule has 0 atom stereocenters. The maximum atomic E-state index is 12.4. The quantitative estimate of drug-likeness (QED) is 0.758. The average Bonchev–Trinajstić information content (AvgIpc) is 3.15. The number of carbonyl (C=O) groups is 1. The molecule has 2 N–H and O–H groups in total. The van der Waals surface area contributed by atoms with E-state index in [9.17, 15) is 4.79 Å². The van der Waals surface area contributed by atoms with Gasteiger partial charge in [0, 0.05) is 17.4 Å². The van der Waals surface area contributed by atoms with Crippen LogP contribution in [0, 0.1) is 0 Å². The van der Waals surface area contributed by atoms with Crippen LogP contribution in [-0.2, 0) is 6.42 Å². The number of nitrogens with one attached hydrogen (secondary N) is 2. The van der Waals surface area contributed by atoms with Gasteiger partial charge in [-0.25, -0.2) is 0 Å². The molecule has 5 nitrogen and oxygen atoms in total. The second-order valence-electron chi connectivity index (χ2n) is 5.01. The average molecular weight is 279 g/mol. The zero-order valence-electron chi connectivity index (χ0n) is 11.2. The molecular formula is C16H13N3O2. The Balaban J connectivity index is 1.65. The number of hydrogen-bond acceptors (Lipinski definition) is 3. The fraction of sp³-hybridized carbons (Fsp3) is 0.125. The molecule has 5 heteroatoms. The molecule has 0 aliphatic carbocycles. The standard InChI is InChI=1S/C16H13N3O2/c20-16(11-4-5-14-10(8-11)6-7-21-14)18-13-3-1-2-12-9-17-19-15(12)13/h1-5,8-9H,6-7H2,(H,17,19)(H,18,20). The van der Waals surface area contributed by atoms with E-state index in [1.54, 1.807) is 12.3 Å². The molecule has 1 amide bonds. The third-order valence-corrected chi connectivity index (χ3v) is 3.68. The van der Waals surface area contributed by atoms with Gasteiger partial charge in [0.15, 0.2) is 0 Å². The predicted molar refractivity (Wildman–Crippen MR) is 79.7 cm³/mol. The van der Waals surface area contributed by atoms with Crippen molar-refractivity contribution < 1.29 is 9.53 Å². The molecule has 0 spiro atoms. The van der Waals surface area contributed by atoms with E-state index >= 15 is 0 Å². The number of amides is 1. The first-order valence-corrected chi connectivity index (χ1v) is 6.80. The van der Waals surface area contributed by atoms with Crippen molar-refractivity contribution >= 4 is 22.5 Å². The van der Waals surface area contributed by atoms with Crippen molar-refractivity contribution in [3.05, 3.63) is 53.7 Å². The van der Waals surface area contributed by atoms with Crippen LogP contribution in [0.1, 0.15) is 15.9 Å². The third-order valence-electron chi connectivity index (χ3n) is 3.68. The van der Waals surface area contributed by atoms with Crippen molar-refractivity contribution in [1.82, 2.24) is 10.2 Å². The number of fused-ring (bicyclic) bond motifs is 2. The Kier molecular flexibility index (Phi) is 2.64. The summed E-state index contributed by atoms with van der Waals surface area (Å²) in [7, 11) is 0. The first-order chi connectivity index (χ1) is 10.3. The van der Waals surface area contributed by atoms with Crippen LogP contribution in [-0.4, -0.2) is 22.7 Å². The van der Waals surface area contributed by atoms with Gasteiger partial charge in [-0.15, -0.1) is 0 Å². The first-order valence-electron chi connectivity index (χ1n) is 6.80. The monoisotopic (exact) mass is 279 g/mol. The van der Waals surface area contributed by atoms with E-state index in [0.717, 1.165) is 34.3 Å². The van der Waals surface area contributed by atoms with Gasteiger partial charge in [0.25, 0.3) is 5.91 Å². The van der Waals surface area contributed by atoms with Crippen LogP contribution >= 0.6 is 0 Å². The van der Waals surface area contributed by atoms with Gasteiger partial charge in [0.05, 0.1) is 24.0 Å². The smallest absolute Gasteiger partial charge is 0.255 e. The SMILES string of the molecule is O=C(Nc1cccc2cn[nH]c12)c1ccc2c(c1)CCO2. The Morgan fingerprint density at radius 2 is 2.24 bits per heavy atom. The molecule has 0 fully saturated rings. The maximum Gasteiger partial charge on any atom is 0.255 e. The number of para-hydroxylation sites is 1. The number of nitrogens with zero attached hydrogens (tertiary/aromatic N) is 1. The van der Waals surface area contributed by atoms with E-state index in [4.69, 9.17) is 4.74 Å². The molecule has 21 heavy (non-hydrogen) atoms. The van der Waals surface area contributed by atoms with Crippen LogP contribution in [0.2, 0.25) is 0 Å². The molecule has 0 saturated heterocycles. The molecule has 1 aliphatic heterocycles. The van der Waals surface area contributed by atoms with E-state index in [-0.39, 0.29) is 5.91 Å². The number of anilines is 1. The normalized spacial score (nSPS) is 13.0. The van der Waals surface area contributed by atoms with E-state index in [2.05, 4.69) is 15.5 Å². The lowest BCUT2D eigenvalue weighted by atomic mass is 10.1. The highest BCUT2D eigenvalue weighted by molar-refractivity contribution is 6.08. The summed E-state index contributed by atoms with van der Waals surface area (Å²) in [6, 6.07) is 11.2. The summed E-state index contributed by atoms with van der Waals surface area (Å²) in [5.74, 6) is 0.744. The summed E-state index contributed by atoms with van der Waals surface area (Å²) in [5.41, 5.74) is 3.28. The minimum atomic E-state index is -0.133. The topological polar surface area (TPSA) is 67.0 Å². The number of benzene rings is 2. The van der Waals surface area contributed by atoms with Gasteiger partial charge < -0.3 is 10.1 Å². The summed E-state index contributed by atoms with van der Waals surface area (Å²) < 4.78 is 5.45. The van der Waals surface area contributed by atoms with E-state index in [1.165, 1.54) is 0 Å². The van der Waals surface area contributed by atoms with Crippen molar-refractivity contribution in [2.45, 2.75) is 6.42 Å². The molecule has 3 aromatic rings. The molecule has 1 aliphatic rings. The van der Waals surface area contributed by atoms with Crippen molar-refractivity contribution in [3.8, 4) is 5.75 Å². The zero-order chi connectivity index (χ0) is 14.2. The number of H-pyrrole nitrogens is 1. The summed E-state index contributed by atoms with van der Waals surface area (Å²) in [4.78, 5) is 12.4. The molecule has 0 radical (unpaired) electrons. The lowest BCUT2D eigenvalue weighted by molar-refractivity contribution is 0.102. The maximum absolute atomic E-state index is 12.4. The van der Waals surface area contributed by atoms with Crippen LogP contribution in [0.25, 0.3) is 10.9 Å². The van der Waals surface area contributed by atoms with Crippen LogP contribution in [0.15, 0.2) is 42.6 Å². The van der Waals surface area contributed by atoms with Crippen LogP contribution < -0.4 is 10.1 Å². The summed E-state index contributed by atoms with van der Waals surface area (Å²) in [5, 5.41) is 10.8. The highest BCUT2D eigenvalue weighted by Gasteiger charge is 2.15. The van der Waals surface area contributed by atoms with Gasteiger partial charge in [-0.1, -0.05) is 12.1 Å². The first kappa shape index (κ1) is 12.0. The lowest BCUT2D eigenvalue weighted by Crippen LogP contribution is -2.12. The Labute approximate surface area is 120 Å². The van der Waals surface area contributed by atoms with Crippen LogP contribution in [0.3, 0.4) is 0 Å². The van der Waals surface area contributed by atoms with Gasteiger partial charge >= 0.3 is 0 Å². The summed E-state index contributed by atoms with van der Waals surface area (Å²) in [6.07, 6.45) is 2.59. The second kappa shape index (κ2) is 4.63. The Hall–Kier alpha value is -2.82. The predicted octanol–water partition coefficient (Wildman–Crippen LogP) is 2.75. The van der Waals surface area contributed by atoms with Crippen LogP contribution in [0.4, 0.5) is 5.69 Å². The van der Waals surface area contributed by atoms with Gasteiger partial charge in [0.1, 0.15) is 5.75 Å². The lowest BCUT2D eigenvalue weighted by Gasteiger charge is -2.07. The molecule has 0 unspecified atom stereocenters. The van der Waals surface area contributed by atoms with Gasteiger partial charge in [0.2, 0.25) is 0 Å². The molecule has 1 aromatic heterocycles. The Morgan fingerprint density at radius 3 is 3.19 bits per heavy atom. The molecule has 0 saturated carbocycles. The van der Waals surface area contributed by atoms with Crippen molar-refractivity contribution in [1.29, 1.82) is 0 Å². The number of ether oxygens (including phenoxy) is 1. The Bertz CT molecular complexity index is 838. The highest BCUT2D eigenvalue weighted by atomic mass is 16.5. The minimum absolute atomic E-state index is 0.133. The summed E-state index contributed by atoms with van der Waals surface area (Å²) in [6.45, 7) is 0.688.